The van der Waals surface area contributed by atoms with Crippen molar-refractivity contribution in [2.45, 2.75) is 13.0 Å². The van der Waals surface area contributed by atoms with Crippen LogP contribution in [0.25, 0.3) is 0 Å². The lowest BCUT2D eigenvalue weighted by Crippen LogP contribution is -2.22. The lowest BCUT2D eigenvalue weighted by Gasteiger charge is -2.22. The van der Waals surface area contributed by atoms with Crippen molar-refractivity contribution in [1.29, 1.82) is 0 Å². The molecule has 0 amide bonds. The van der Waals surface area contributed by atoms with E-state index in [4.69, 9.17) is 0 Å². The number of benzene rings is 2. The average molecular weight is 291 g/mol. The summed E-state index contributed by atoms with van der Waals surface area (Å²) in [6.07, 6.45) is 3.66. The predicted octanol–water partition coefficient (Wildman–Crippen LogP) is 3.66. The second-order valence-corrected chi connectivity index (χ2v) is 5.05. The Labute approximate surface area is 129 Å². The maximum absolute atomic E-state index is 9.66. The van der Waals surface area contributed by atoms with E-state index in [0.717, 1.165) is 17.0 Å². The topological polar surface area (TPSA) is 50.4 Å². The Morgan fingerprint density at radius 1 is 1.05 bits per heavy atom. The molecule has 1 N–H and O–H groups in total. The van der Waals surface area contributed by atoms with Gasteiger partial charge in [0.05, 0.1) is 0 Å². The molecule has 3 rings (SSSR count). The van der Waals surface area contributed by atoms with Gasteiger partial charge in [0.25, 0.3) is 0 Å². The molecule has 0 aliphatic heterocycles. The summed E-state index contributed by atoms with van der Waals surface area (Å²) in [5.41, 5.74) is 2.51. The van der Waals surface area contributed by atoms with Crippen LogP contribution in [0.3, 0.4) is 0 Å². The van der Waals surface area contributed by atoms with Gasteiger partial charge in [-0.3, -0.25) is 0 Å². The molecule has 1 aromatic heterocycles. The minimum Gasteiger partial charge on any atom is -0.411 e. The molecule has 0 bridgehead atoms. The first-order chi connectivity index (χ1) is 10.8. The summed E-state index contributed by atoms with van der Waals surface area (Å²) < 4.78 is 2.01. The van der Waals surface area contributed by atoms with E-state index < -0.39 is 0 Å². The van der Waals surface area contributed by atoms with Crippen molar-refractivity contribution in [3.8, 4) is 0 Å². The zero-order valence-corrected chi connectivity index (χ0v) is 12.3. The summed E-state index contributed by atoms with van der Waals surface area (Å²) in [5.74, 6) is 0.867. The number of hydrogen-bond acceptors (Lipinski definition) is 3. The lowest BCUT2D eigenvalue weighted by molar-refractivity contribution is 0.316. The highest BCUT2D eigenvalue weighted by Crippen LogP contribution is 2.25. The summed E-state index contributed by atoms with van der Waals surface area (Å²) in [6, 6.07) is 19.5. The normalized spacial score (nSPS) is 13.0. The van der Waals surface area contributed by atoms with Crippen LogP contribution in [0.4, 0.5) is 0 Å². The Morgan fingerprint density at radius 3 is 2.23 bits per heavy atom. The van der Waals surface area contributed by atoms with Crippen molar-refractivity contribution in [2.24, 2.45) is 5.16 Å². The highest BCUT2D eigenvalue weighted by molar-refractivity contribution is 6.04. The van der Waals surface area contributed by atoms with Gasteiger partial charge in [-0.15, -0.1) is 0 Å². The minimum absolute atomic E-state index is 0.226. The van der Waals surface area contributed by atoms with Crippen LogP contribution in [0.5, 0.6) is 0 Å². The third-order valence-corrected chi connectivity index (χ3v) is 3.69. The number of hydrogen-bond donors (Lipinski definition) is 1. The van der Waals surface area contributed by atoms with Crippen molar-refractivity contribution >= 4 is 5.71 Å². The molecule has 0 saturated heterocycles. The van der Waals surface area contributed by atoms with E-state index in [1.807, 2.05) is 78.4 Å². The predicted molar refractivity (Wildman–Crippen MR) is 86.3 cm³/mol. The summed E-state index contributed by atoms with van der Waals surface area (Å²) in [4.78, 5) is 4.30. The van der Waals surface area contributed by atoms with Crippen molar-refractivity contribution in [1.82, 2.24) is 9.55 Å². The number of oxime groups is 1. The summed E-state index contributed by atoms with van der Waals surface area (Å²) in [5, 5.41) is 13.3. The molecule has 0 spiro atoms. The SMILES string of the molecule is Cc1nccn1[C@@H](/C(=N\O)c1ccccc1)c1ccccc1. The molecule has 110 valence electrons. The first-order valence-corrected chi connectivity index (χ1v) is 7.13. The molecule has 3 aromatic rings. The fraction of sp³-hybridized carbons (Fsp3) is 0.111. The van der Waals surface area contributed by atoms with Crippen LogP contribution in [0.15, 0.2) is 78.2 Å². The van der Waals surface area contributed by atoms with Gasteiger partial charge in [-0.05, 0) is 12.5 Å². The molecule has 0 saturated carbocycles. The third-order valence-electron chi connectivity index (χ3n) is 3.69. The molecule has 0 unspecified atom stereocenters. The first kappa shape index (κ1) is 14.1. The Kier molecular flexibility index (Phi) is 4.01. The number of aromatic nitrogens is 2. The van der Waals surface area contributed by atoms with E-state index in [9.17, 15) is 5.21 Å². The van der Waals surface area contributed by atoms with Gasteiger partial charge < -0.3 is 9.77 Å². The van der Waals surface area contributed by atoms with Gasteiger partial charge in [0.15, 0.2) is 0 Å². The largest absolute Gasteiger partial charge is 0.411 e. The maximum Gasteiger partial charge on any atom is 0.114 e. The molecular weight excluding hydrogens is 274 g/mol. The quantitative estimate of drug-likeness (QED) is 0.453. The van der Waals surface area contributed by atoms with Gasteiger partial charge in [0.2, 0.25) is 0 Å². The lowest BCUT2D eigenvalue weighted by atomic mass is 9.96. The Morgan fingerprint density at radius 2 is 1.68 bits per heavy atom. The average Bonchev–Trinajstić information content (AvgIpc) is 3.00. The number of nitrogens with zero attached hydrogens (tertiary/aromatic N) is 3. The fourth-order valence-electron chi connectivity index (χ4n) is 2.63. The molecule has 0 fully saturated rings. The van der Waals surface area contributed by atoms with Gasteiger partial charge >= 0.3 is 0 Å². The number of imidazole rings is 1. The molecule has 0 radical (unpaired) electrons. The third kappa shape index (κ3) is 2.63. The van der Waals surface area contributed by atoms with Crippen molar-refractivity contribution < 1.29 is 5.21 Å². The molecule has 4 heteroatoms. The van der Waals surface area contributed by atoms with Crippen molar-refractivity contribution in [3.05, 3.63) is 90.0 Å². The molecule has 1 atom stereocenters. The van der Waals surface area contributed by atoms with Crippen LogP contribution in [-0.2, 0) is 0 Å². The zero-order chi connectivity index (χ0) is 15.4. The second kappa shape index (κ2) is 6.26. The summed E-state index contributed by atoms with van der Waals surface area (Å²) in [6.45, 7) is 1.94. The molecule has 4 nitrogen and oxygen atoms in total. The standard InChI is InChI=1S/C18H17N3O/c1-14-19-12-13-21(14)18(16-10-6-3-7-11-16)17(20-22)15-8-4-2-5-9-15/h2-13,18,22H,1H3/b20-17-/t18-/m1/s1. The first-order valence-electron chi connectivity index (χ1n) is 7.13. The molecule has 22 heavy (non-hydrogen) atoms. The van der Waals surface area contributed by atoms with Crippen LogP contribution in [0.1, 0.15) is 23.0 Å². The highest BCUT2D eigenvalue weighted by atomic mass is 16.4. The van der Waals surface area contributed by atoms with E-state index in [1.54, 1.807) is 6.20 Å². The van der Waals surface area contributed by atoms with Crippen LogP contribution in [-0.4, -0.2) is 20.5 Å². The molecule has 0 aliphatic rings. The monoisotopic (exact) mass is 291 g/mol. The number of rotatable bonds is 4. The van der Waals surface area contributed by atoms with Crippen molar-refractivity contribution in [3.63, 3.8) is 0 Å². The van der Waals surface area contributed by atoms with E-state index in [2.05, 4.69) is 10.1 Å². The van der Waals surface area contributed by atoms with Gasteiger partial charge in [-0.1, -0.05) is 65.8 Å². The summed E-state index contributed by atoms with van der Waals surface area (Å²) >= 11 is 0. The van der Waals surface area contributed by atoms with E-state index in [-0.39, 0.29) is 6.04 Å². The Hall–Kier alpha value is -2.88. The second-order valence-electron chi connectivity index (χ2n) is 5.05. The maximum atomic E-state index is 9.66. The zero-order valence-electron chi connectivity index (χ0n) is 12.3. The van der Waals surface area contributed by atoms with Crippen molar-refractivity contribution in [2.75, 3.05) is 0 Å². The smallest absolute Gasteiger partial charge is 0.114 e. The molecular formula is C18H17N3O. The summed E-state index contributed by atoms with van der Waals surface area (Å²) in [7, 11) is 0. The van der Waals surface area contributed by atoms with Gasteiger partial charge in [0.1, 0.15) is 17.6 Å². The van der Waals surface area contributed by atoms with Crippen LogP contribution >= 0.6 is 0 Å². The molecule has 2 aromatic carbocycles. The highest BCUT2D eigenvalue weighted by Gasteiger charge is 2.23. The van der Waals surface area contributed by atoms with E-state index in [0.29, 0.717) is 5.71 Å². The van der Waals surface area contributed by atoms with Gasteiger partial charge in [-0.2, -0.15) is 0 Å². The van der Waals surface area contributed by atoms with Gasteiger partial charge in [-0.25, -0.2) is 4.98 Å². The Balaban J connectivity index is 2.16. The number of aryl methyl sites for hydroxylation is 1. The van der Waals surface area contributed by atoms with E-state index in [1.165, 1.54) is 0 Å². The van der Waals surface area contributed by atoms with Gasteiger partial charge in [0, 0.05) is 18.0 Å². The van der Waals surface area contributed by atoms with Crippen LogP contribution in [0, 0.1) is 6.92 Å². The minimum atomic E-state index is -0.226. The van der Waals surface area contributed by atoms with Crippen LogP contribution in [0.2, 0.25) is 0 Å². The van der Waals surface area contributed by atoms with E-state index >= 15 is 0 Å². The van der Waals surface area contributed by atoms with Crippen LogP contribution < -0.4 is 0 Å². The fourth-order valence-corrected chi connectivity index (χ4v) is 2.63. The molecule has 0 aliphatic carbocycles. The Bertz CT molecular complexity index is 763. The molecule has 1 heterocycles.